The van der Waals surface area contributed by atoms with Crippen LogP contribution in [0, 0.1) is 6.92 Å². The molecular weight excluding hydrogens is 782 g/mol. The molecule has 0 saturated carbocycles. The zero-order chi connectivity index (χ0) is 42.0. The van der Waals surface area contributed by atoms with Crippen molar-refractivity contribution in [1.82, 2.24) is 14.8 Å². The van der Waals surface area contributed by atoms with E-state index in [1.54, 1.807) is 31.4 Å². The average molecular weight is 836 g/mol. The summed E-state index contributed by atoms with van der Waals surface area (Å²) in [6.45, 7) is 11.9. The van der Waals surface area contributed by atoms with Gasteiger partial charge in [-0.3, -0.25) is 19.1 Å². The molecule has 0 aliphatic carbocycles. The maximum atomic E-state index is 13.5. The van der Waals surface area contributed by atoms with Crippen molar-refractivity contribution in [3.05, 3.63) is 94.5 Å². The lowest BCUT2D eigenvalue weighted by molar-refractivity contribution is -0.156. The summed E-state index contributed by atoms with van der Waals surface area (Å²) in [5.41, 5.74) is 3.32. The van der Waals surface area contributed by atoms with Crippen molar-refractivity contribution < 1.29 is 47.5 Å². The van der Waals surface area contributed by atoms with E-state index in [0.717, 1.165) is 16.8 Å². The summed E-state index contributed by atoms with van der Waals surface area (Å²) < 4.78 is 46.0. The van der Waals surface area contributed by atoms with Crippen molar-refractivity contribution in [3.8, 4) is 17.2 Å². The maximum Gasteiger partial charge on any atom is 0.308 e. The van der Waals surface area contributed by atoms with Crippen molar-refractivity contribution in [2.45, 2.75) is 52.2 Å². The molecule has 1 amide bonds. The Labute approximate surface area is 350 Å². The number of nitrogens with zero attached hydrogens (tertiary/aromatic N) is 4. The Morgan fingerprint density at radius 2 is 1.32 bits per heavy atom. The molecule has 1 aliphatic rings. The number of aryl methyl sites for hydroxylation is 1. The number of ether oxygens (including phenoxy) is 8. The van der Waals surface area contributed by atoms with Gasteiger partial charge >= 0.3 is 5.97 Å². The van der Waals surface area contributed by atoms with Crippen LogP contribution < -0.4 is 14.8 Å². The number of esters is 1. The number of rotatable bonds is 24. The second-order valence-electron chi connectivity index (χ2n) is 14.3. The molecule has 3 aromatic carbocycles. The normalized spacial score (nSPS) is 13.5. The lowest BCUT2D eigenvalue weighted by Crippen LogP contribution is -2.24. The van der Waals surface area contributed by atoms with Crippen molar-refractivity contribution in [3.63, 3.8) is 0 Å². The zero-order valence-corrected chi connectivity index (χ0v) is 35.1. The van der Waals surface area contributed by atoms with Crippen LogP contribution in [0.4, 0.5) is 5.69 Å². The van der Waals surface area contributed by atoms with Crippen molar-refractivity contribution in [1.29, 1.82) is 0 Å². The molecular formula is C43H54ClN5O10. The monoisotopic (exact) mass is 835 g/mol. The highest BCUT2D eigenvalue weighted by molar-refractivity contribution is 6.30. The van der Waals surface area contributed by atoms with Crippen molar-refractivity contribution in [2.24, 2.45) is 4.99 Å². The summed E-state index contributed by atoms with van der Waals surface area (Å²) in [7, 11) is 1.62. The fraction of sp³-hybridized carbons (Fsp3) is 0.465. The molecule has 16 heteroatoms. The number of nitrogens with one attached hydrogen (secondary N) is 1. The summed E-state index contributed by atoms with van der Waals surface area (Å²) >= 11 is 6.22. The minimum absolute atomic E-state index is 0.0275. The van der Waals surface area contributed by atoms with Crippen molar-refractivity contribution >= 4 is 34.9 Å². The summed E-state index contributed by atoms with van der Waals surface area (Å²) in [6.07, 6.45) is 0.243. The molecule has 0 bridgehead atoms. The molecule has 0 unspecified atom stereocenters. The molecule has 0 saturated heterocycles. The van der Waals surface area contributed by atoms with Gasteiger partial charge in [0.05, 0.1) is 97.4 Å². The van der Waals surface area contributed by atoms with Crippen LogP contribution in [0.1, 0.15) is 62.4 Å². The minimum atomic E-state index is -0.630. The lowest BCUT2D eigenvalue weighted by atomic mass is 10.00. The third kappa shape index (κ3) is 14.7. The molecule has 0 fully saturated rings. The Morgan fingerprint density at radius 1 is 0.746 bits per heavy atom. The van der Waals surface area contributed by atoms with E-state index in [-0.39, 0.29) is 24.7 Å². The van der Waals surface area contributed by atoms with Gasteiger partial charge < -0.3 is 43.2 Å². The standard InChI is InChI=1S/C43H54ClN5O10/c1-30-47-48-42-37(46-41(31-6-8-32(44)9-7-31)36-28-35(52-5)14-15-38(36)49(30)42)29-39(50)45-33-10-12-34(13-11-33)58-27-26-57-25-24-56-23-22-55-21-20-54-19-18-53-17-16-40(51)59-43(2,3)4/h6-15,28,37H,16-27,29H2,1-5H3,(H,45,50)/t37-/m1/s1. The molecule has 4 aromatic rings. The number of fused-ring (bicyclic) bond motifs is 3. The highest BCUT2D eigenvalue weighted by Crippen LogP contribution is 2.34. The number of anilines is 1. The molecule has 2 heterocycles. The largest absolute Gasteiger partial charge is 0.497 e. The van der Waals surface area contributed by atoms with Crippen molar-refractivity contribution in [2.75, 3.05) is 85.1 Å². The minimum Gasteiger partial charge on any atom is -0.497 e. The zero-order valence-electron chi connectivity index (χ0n) is 34.4. The molecule has 318 valence electrons. The molecule has 1 aromatic heterocycles. The number of benzene rings is 3. The molecule has 1 atom stereocenters. The first-order chi connectivity index (χ1) is 28.5. The van der Waals surface area contributed by atoms with E-state index < -0.39 is 11.6 Å². The predicted octanol–water partition coefficient (Wildman–Crippen LogP) is 6.35. The summed E-state index contributed by atoms with van der Waals surface area (Å²) in [5, 5.41) is 12.4. The van der Waals surface area contributed by atoms with Gasteiger partial charge in [0.25, 0.3) is 0 Å². The second kappa shape index (κ2) is 23.0. The van der Waals surface area contributed by atoms with E-state index in [9.17, 15) is 9.59 Å². The summed E-state index contributed by atoms with van der Waals surface area (Å²) in [5.74, 6) is 2.04. The first-order valence-corrected chi connectivity index (χ1v) is 20.0. The number of amides is 1. The van der Waals surface area contributed by atoms with Gasteiger partial charge in [-0.05, 0) is 82.3 Å². The molecule has 15 nitrogen and oxygen atoms in total. The average Bonchev–Trinajstić information content (AvgIpc) is 3.53. The molecule has 1 N–H and O–H groups in total. The third-order valence-electron chi connectivity index (χ3n) is 8.62. The third-order valence-corrected chi connectivity index (χ3v) is 8.87. The van der Waals surface area contributed by atoms with Gasteiger partial charge in [-0.25, -0.2) is 0 Å². The summed E-state index contributed by atoms with van der Waals surface area (Å²) in [6, 6.07) is 19.7. The van der Waals surface area contributed by atoms with E-state index in [1.807, 2.05) is 74.7 Å². The number of aliphatic imine (C=N–C) groups is 1. The number of aromatic nitrogens is 3. The lowest BCUT2D eigenvalue weighted by Gasteiger charge is -2.19. The molecule has 0 spiro atoms. The van der Waals surface area contributed by atoms with Gasteiger partial charge in [0.2, 0.25) is 5.91 Å². The van der Waals surface area contributed by atoms with Gasteiger partial charge in [0.1, 0.15) is 35.6 Å². The van der Waals surface area contributed by atoms with Gasteiger partial charge in [-0.15, -0.1) is 10.2 Å². The van der Waals surface area contributed by atoms with Crippen LogP contribution in [0.3, 0.4) is 0 Å². The Morgan fingerprint density at radius 3 is 1.92 bits per heavy atom. The topological polar surface area (TPSA) is 163 Å². The Kier molecular flexibility index (Phi) is 17.6. The van der Waals surface area contributed by atoms with Crippen LogP contribution in [0.5, 0.6) is 11.5 Å². The highest BCUT2D eigenvalue weighted by Gasteiger charge is 2.30. The van der Waals surface area contributed by atoms with E-state index in [1.165, 1.54) is 0 Å². The number of hydrogen-bond donors (Lipinski definition) is 1. The SMILES string of the molecule is COc1ccc2c(c1)C(c1ccc(Cl)cc1)=N[C@H](CC(=O)Nc1ccc(OCCOCCOCCOCCOCCOCCC(=O)OC(C)(C)C)cc1)c1nnc(C)n1-2. The number of carbonyl (C=O) groups excluding carboxylic acids is 2. The molecule has 59 heavy (non-hydrogen) atoms. The number of methoxy groups -OCH3 is 1. The summed E-state index contributed by atoms with van der Waals surface area (Å²) in [4.78, 5) is 30.2. The van der Waals surface area contributed by atoms with Crippen LogP contribution >= 0.6 is 11.6 Å². The maximum absolute atomic E-state index is 13.5. The fourth-order valence-corrected chi connectivity index (χ4v) is 6.07. The highest BCUT2D eigenvalue weighted by atomic mass is 35.5. The first-order valence-electron chi connectivity index (χ1n) is 19.6. The number of halogens is 1. The Balaban J connectivity index is 0.959. The fourth-order valence-electron chi connectivity index (χ4n) is 5.95. The quantitative estimate of drug-likeness (QED) is 0.0616. The molecule has 5 rings (SSSR count). The van der Waals surface area contributed by atoms with E-state index in [4.69, 9.17) is 54.5 Å². The van der Waals surface area contributed by atoms with Crippen LogP contribution in [-0.2, 0) is 38.0 Å². The van der Waals surface area contributed by atoms with E-state index in [2.05, 4.69) is 15.5 Å². The van der Waals surface area contributed by atoms with Crippen LogP contribution in [0.2, 0.25) is 5.02 Å². The number of carbonyl (C=O) groups is 2. The van der Waals surface area contributed by atoms with Gasteiger partial charge in [-0.1, -0.05) is 23.7 Å². The van der Waals surface area contributed by atoms with Gasteiger partial charge in [0, 0.05) is 21.8 Å². The molecule has 1 aliphatic heterocycles. The van der Waals surface area contributed by atoms with E-state index in [0.29, 0.717) is 112 Å². The van der Waals surface area contributed by atoms with Gasteiger partial charge in [0.15, 0.2) is 5.82 Å². The van der Waals surface area contributed by atoms with E-state index >= 15 is 0 Å². The van der Waals surface area contributed by atoms with Crippen LogP contribution in [0.25, 0.3) is 5.69 Å². The Bertz CT molecular complexity index is 1960. The second-order valence-corrected chi connectivity index (χ2v) is 14.8. The smallest absolute Gasteiger partial charge is 0.308 e. The van der Waals surface area contributed by atoms with Gasteiger partial charge in [-0.2, -0.15) is 0 Å². The Hall–Kier alpha value is -4.90. The first kappa shape index (κ1) is 45.2. The number of hydrogen-bond acceptors (Lipinski definition) is 13. The molecule has 0 radical (unpaired) electrons. The van der Waals surface area contributed by atoms with Crippen LogP contribution in [0.15, 0.2) is 71.7 Å². The predicted molar refractivity (Wildman–Crippen MR) is 222 cm³/mol. The van der Waals surface area contributed by atoms with Crippen LogP contribution in [-0.4, -0.2) is 118 Å².